The Hall–Kier alpha value is -1.89. The molecule has 1 nitrogen and oxygen atoms in total. The van der Waals surface area contributed by atoms with Gasteiger partial charge in [-0.15, -0.1) is 0 Å². The second-order valence-corrected chi connectivity index (χ2v) is 9.54. The molecular weight excluding hydrogens is 328 g/mol. The van der Waals surface area contributed by atoms with Crippen molar-refractivity contribution in [2.75, 3.05) is 0 Å². The summed E-state index contributed by atoms with van der Waals surface area (Å²) >= 11 is 0. The van der Waals surface area contributed by atoms with Crippen molar-refractivity contribution in [1.29, 1.82) is 0 Å². The Morgan fingerprint density at radius 1 is 0.889 bits per heavy atom. The van der Waals surface area contributed by atoms with E-state index in [0.29, 0.717) is 17.6 Å². The third-order valence-corrected chi connectivity index (χ3v) is 8.15. The van der Waals surface area contributed by atoms with Crippen molar-refractivity contribution in [2.45, 2.75) is 69.1 Å². The quantitative estimate of drug-likeness (QED) is 0.553. The molecule has 0 aromatic heterocycles. The fourth-order valence-corrected chi connectivity index (χ4v) is 6.78. The number of carbonyl (C=O) groups excluding carboxylic acids is 1. The summed E-state index contributed by atoms with van der Waals surface area (Å²) in [4.78, 5) is 13.2. The van der Waals surface area contributed by atoms with Crippen molar-refractivity contribution in [1.82, 2.24) is 0 Å². The van der Waals surface area contributed by atoms with Gasteiger partial charge in [0.05, 0.1) is 5.41 Å². The van der Waals surface area contributed by atoms with Gasteiger partial charge in [0, 0.05) is 6.42 Å². The van der Waals surface area contributed by atoms with Crippen LogP contribution in [0.2, 0.25) is 0 Å². The van der Waals surface area contributed by atoms with E-state index < -0.39 is 0 Å². The molecule has 3 atom stereocenters. The summed E-state index contributed by atoms with van der Waals surface area (Å²) in [7, 11) is 0. The molecule has 0 N–H and O–H groups in total. The lowest BCUT2D eigenvalue weighted by Gasteiger charge is -2.40. The molecule has 2 aromatic carbocycles. The van der Waals surface area contributed by atoms with E-state index in [1.165, 1.54) is 66.0 Å². The zero-order chi connectivity index (χ0) is 18.0. The first-order valence-corrected chi connectivity index (χ1v) is 11.0. The average molecular weight is 357 g/mol. The lowest BCUT2D eigenvalue weighted by molar-refractivity contribution is -0.126. The Labute approximate surface area is 161 Å². The molecule has 2 aromatic rings. The van der Waals surface area contributed by atoms with E-state index >= 15 is 0 Å². The maximum atomic E-state index is 13.2. The Bertz CT molecular complexity index is 962. The van der Waals surface area contributed by atoms with Crippen molar-refractivity contribution in [2.24, 2.45) is 11.8 Å². The first-order chi connectivity index (χ1) is 13.2. The topological polar surface area (TPSA) is 17.1 Å². The number of rotatable bonds is 1. The third-order valence-electron chi connectivity index (χ3n) is 8.15. The van der Waals surface area contributed by atoms with Crippen LogP contribution in [0.4, 0.5) is 0 Å². The largest absolute Gasteiger partial charge is 0.299 e. The summed E-state index contributed by atoms with van der Waals surface area (Å²) in [6, 6.07) is 12.0. The summed E-state index contributed by atoms with van der Waals surface area (Å²) in [5, 5.41) is 2.72. The van der Waals surface area contributed by atoms with Gasteiger partial charge in [0.15, 0.2) is 0 Å². The molecule has 27 heavy (non-hydrogen) atoms. The van der Waals surface area contributed by atoms with Gasteiger partial charge in [0.25, 0.3) is 0 Å². The molecular formula is C26H28O. The molecule has 138 valence electrons. The second kappa shape index (κ2) is 5.80. The highest BCUT2D eigenvalue weighted by Gasteiger charge is 2.55. The number of hydrogen-bond donors (Lipinski definition) is 0. The van der Waals surface area contributed by atoms with Crippen LogP contribution in [0.25, 0.3) is 10.8 Å². The molecule has 2 fully saturated rings. The monoisotopic (exact) mass is 356 g/mol. The Balaban J connectivity index is 1.50. The molecule has 4 aliphatic carbocycles. The predicted molar refractivity (Wildman–Crippen MR) is 110 cm³/mol. The summed E-state index contributed by atoms with van der Waals surface area (Å²) in [6.07, 6.45) is 15.4. The first-order valence-electron chi connectivity index (χ1n) is 11.0. The summed E-state index contributed by atoms with van der Waals surface area (Å²) in [5.74, 6) is 2.30. The van der Waals surface area contributed by atoms with E-state index in [1.807, 2.05) is 0 Å². The minimum absolute atomic E-state index is 0.206. The Morgan fingerprint density at radius 2 is 1.78 bits per heavy atom. The van der Waals surface area contributed by atoms with Gasteiger partial charge in [-0.1, -0.05) is 55.7 Å². The van der Waals surface area contributed by atoms with E-state index in [-0.39, 0.29) is 5.41 Å². The predicted octanol–water partition coefficient (Wildman–Crippen LogP) is 6.24. The molecule has 0 heterocycles. The van der Waals surface area contributed by atoms with E-state index in [9.17, 15) is 4.79 Å². The van der Waals surface area contributed by atoms with Crippen LogP contribution >= 0.6 is 0 Å². The van der Waals surface area contributed by atoms with Gasteiger partial charge in [0.2, 0.25) is 0 Å². The van der Waals surface area contributed by atoms with E-state index in [4.69, 9.17) is 0 Å². The summed E-state index contributed by atoms with van der Waals surface area (Å²) in [6.45, 7) is 0. The van der Waals surface area contributed by atoms with Gasteiger partial charge in [-0.2, -0.15) is 0 Å². The molecule has 0 radical (unpaired) electrons. The van der Waals surface area contributed by atoms with Gasteiger partial charge in [0.1, 0.15) is 5.78 Å². The normalized spacial score (nSPS) is 32.5. The molecule has 3 unspecified atom stereocenters. The van der Waals surface area contributed by atoms with Crippen molar-refractivity contribution < 1.29 is 4.79 Å². The maximum absolute atomic E-state index is 13.2. The maximum Gasteiger partial charge on any atom is 0.144 e. The van der Waals surface area contributed by atoms with Crippen molar-refractivity contribution in [3.8, 4) is 0 Å². The summed E-state index contributed by atoms with van der Waals surface area (Å²) in [5.41, 5.74) is 4.13. The highest BCUT2D eigenvalue weighted by molar-refractivity contribution is 5.96. The number of allylic oxidation sites excluding steroid dienone is 2. The third kappa shape index (κ3) is 2.27. The lowest BCUT2D eigenvalue weighted by atomic mass is 9.62. The minimum Gasteiger partial charge on any atom is -0.299 e. The fraction of sp³-hybridized carbons (Fsp3) is 0.500. The number of fused-ring (bicyclic) bond motifs is 6. The molecule has 6 rings (SSSR count). The average Bonchev–Trinajstić information content (AvgIpc) is 3.33. The number of ketones is 1. The molecule has 0 saturated heterocycles. The minimum atomic E-state index is -0.206. The number of benzene rings is 2. The number of carbonyl (C=O) groups is 1. The zero-order valence-corrected chi connectivity index (χ0v) is 16.0. The standard InChI is InChI=1S/C26H28O/c27-25-11-9-21-13-20-8-7-19(18-4-2-1-3-5-18)14-22(20)15-24(21)26(25)16-17-6-10-23(26)12-17/h6-8,10,13-15,17-18,23H,1-5,9,11-12,16H2. The van der Waals surface area contributed by atoms with Crippen LogP contribution in [0, 0.1) is 11.8 Å². The summed E-state index contributed by atoms with van der Waals surface area (Å²) < 4.78 is 0. The van der Waals surface area contributed by atoms with Crippen LogP contribution in [0.3, 0.4) is 0 Å². The number of Topliss-reactive ketones (excluding diaryl/α,β-unsaturated/α-hetero) is 1. The van der Waals surface area contributed by atoms with Gasteiger partial charge in [-0.05, 0) is 83.4 Å². The van der Waals surface area contributed by atoms with Gasteiger partial charge >= 0.3 is 0 Å². The molecule has 0 aliphatic heterocycles. The highest BCUT2D eigenvalue weighted by Crippen LogP contribution is 2.57. The van der Waals surface area contributed by atoms with Crippen LogP contribution in [0.15, 0.2) is 42.5 Å². The van der Waals surface area contributed by atoms with Crippen molar-refractivity contribution >= 4 is 16.6 Å². The van der Waals surface area contributed by atoms with Gasteiger partial charge in [-0.25, -0.2) is 0 Å². The second-order valence-electron chi connectivity index (χ2n) is 9.54. The van der Waals surface area contributed by atoms with E-state index in [0.717, 1.165) is 25.2 Å². The molecule has 1 spiro atoms. The van der Waals surface area contributed by atoms with Gasteiger partial charge < -0.3 is 0 Å². The van der Waals surface area contributed by atoms with Crippen LogP contribution < -0.4 is 0 Å². The van der Waals surface area contributed by atoms with Gasteiger partial charge in [-0.3, -0.25) is 4.79 Å². The number of aryl methyl sites for hydroxylation is 1. The molecule has 0 amide bonds. The van der Waals surface area contributed by atoms with Crippen LogP contribution in [-0.2, 0) is 16.6 Å². The SMILES string of the molecule is O=C1CCc2cc3ccc(C4CCCCC4)cc3cc2C12CC1C=CC2C1. The Morgan fingerprint density at radius 3 is 2.56 bits per heavy atom. The van der Waals surface area contributed by atoms with Crippen LogP contribution in [-0.4, -0.2) is 5.78 Å². The van der Waals surface area contributed by atoms with Crippen molar-refractivity contribution in [3.05, 3.63) is 59.2 Å². The first kappa shape index (κ1) is 16.1. The van der Waals surface area contributed by atoms with E-state index in [2.05, 4.69) is 42.5 Å². The number of hydrogen-bond acceptors (Lipinski definition) is 1. The molecule has 1 heteroatoms. The molecule has 4 aliphatic rings. The lowest BCUT2D eigenvalue weighted by Crippen LogP contribution is -2.43. The zero-order valence-electron chi connectivity index (χ0n) is 16.0. The Kier molecular flexibility index (Phi) is 3.46. The van der Waals surface area contributed by atoms with Crippen LogP contribution in [0.5, 0.6) is 0 Å². The smallest absolute Gasteiger partial charge is 0.144 e. The molecule has 2 bridgehead atoms. The van der Waals surface area contributed by atoms with E-state index in [1.54, 1.807) is 0 Å². The fourth-order valence-electron chi connectivity index (χ4n) is 6.78. The van der Waals surface area contributed by atoms with Crippen molar-refractivity contribution in [3.63, 3.8) is 0 Å². The highest BCUT2D eigenvalue weighted by atomic mass is 16.1. The van der Waals surface area contributed by atoms with Crippen LogP contribution in [0.1, 0.15) is 74.0 Å². The molecule has 2 saturated carbocycles.